The van der Waals surface area contributed by atoms with Gasteiger partial charge in [0, 0.05) is 6.08 Å². The smallest absolute Gasteiger partial charge is 0.387 e. The maximum atomic E-state index is 12.5. The number of carbonyl (C=O) groups is 2. The van der Waals surface area contributed by atoms with E-state index in [0.29, 0.717) is 5.56 Å². The van der Waals surface area contributed by atoms with Gasteiger partial charge in [-0.15, -0.1) is 0 Å². The van der Waals surface area contributed by atoms with Gasteiger partial charge < -0.3 is 14.8 Å². The Hall–Kier alpha value is -3.22. The molecule has 2 aromatic carbocycles. The Morgan fingerprint density at radius 3 is 2.60 bits per heavy atom. The number of fused-ring (bicyclic) bond motifs is 1. The molecule has 3 rings (SSSR count). The van der Waals surface area contributed by atoms with Crippen LogP contribution in [0.2, 0.25) is 0 Å². The first-order chi connectivity index (χ1) is 14.4. The number of carbonyl (C=O) groups excluding carboxylic acids is 2. The van der Waals surface area contributed by atoms with Crippen LogP contribution in [0.5, 0.6) is 5.75 Å². The molecular weight excluding hydrogens is 392 g/mol. The van der Waals surface area contributed by atoms with Crippen molar-refractivity contribution < 1.29 is 27.8 Å². The van der Waals surface area contributed by atoms with Crippen molar-refractivity contribution in [3.05, 3.63) is 71.3 Å². The van der Waals surface area contributed by atoms with E-state index in [4.69, 9.17) is 4.74 Å². The summed E-state index contributed by atoms with van der Waals surface area (Å²) in [6, 6.07) is 13.7. The fourth-order valence-electron chi connectivity index (χ4n) is 3.38. The minimum Gasteiger partial charge on any atom is -0.449 e. The average Bonchev–Trinajstić information content (AvgIpc) is 2.73. The summed E-state index contributed by atoms with van der Waals surface area (Å²) in [6.45, 7) is -1.37. The molecule has 158 valence electrons. The molecule has 0 unspecified atom stereocenters. The van der Waals surface area contributed by atoms with E-state index in [1.165, 1.54) is 48.9 Å². The van der Waals surface area contributed by atoms with Gasteiger partial charge >= 0.3 is 12.6 Å². The van der Waals surface area contributed by atoms with E-state index in [2.05, 4.69) is 16.1 Å². The van der Waals surface area contributed by atoms with Crippen molar-refractivity contribution >= 4 is 18.0 Å². The number of esters is 1. The number of alkyl halides is 2. The van der Waals surface area contributed by atoms with Crippen molar-refractivity contribution in [2.24, 2.45) is 0 Å². The van der Waals surface area contributed by atoms with Gasteiger partial charge in [-0.25, -0.2) is 4.79 Å². The standard InChI is InChI=1S/C23H23F2NO4/c1-15(22(28)26-20-8-4-6-17-5-2-3-7-19(17)20)29-21(27)14-11-16-9-12-18(13-10-16)30-23(24)25/h2-3,5,7,9-15,20,23H,4,6,8H2,1H3,(H,26,28)/b14-11+/t15-,20+/m0/s1. The molecule has 7 heteroatoms. The zero-order chi connectivity index (χ0) is 21.5. The summed E-state index contributed by atoms with van der Waals surface area (Å²) in [5.41, 5.74) is 2.94. The van der Waals surface area contributed by atoms with Crippen LogP contribution in [-0.4, -0.2) is 24.6 Å². The molecule has 1 aliphatic rings. The summed E-state index contributed by atoms with van der Waals surface area (Å²) in [7, 11) is 0. The number of ether oxygens (including phenoxy) is 2. The molecule has 30 heavy (non-hydrogen) atoms. The Morgan fingerprint density at radius 1 is 1.13 bits per heavy atom. The third-order valence-electron chi connectivity index (χ3n) is 4.87. The largest absolute Gasteiger partial charge is 0.449 e. The number of hydrogen-bond acceptors (Lipinski definition) is 4. The van der Waals surface area contributed by atoms with Crippen LogP contribution in [-0.2, 0) is 20.7 Å². The number of hydrogen-bond donors (Lipinski definition) is 1. The molecule has 1 N–H and O–H groups in total. The second-order valence-corrected chi connectivity index (χ2v) is 7.01. The minimum absolute atomic E-state index is 0.0271. The molecule has 0 spiro atoms. The lowest BCUT2D eigenvalue weighted by Crippen LogP contribution is -2.39. The zero-order valence-electron chi connectivity index (χ0n) is 16.5. The molecule has 2 atom stereocenters. The summed E-state index contributed by atoms with van der Waals surface area (Å²) >= 11 is 0. The van der Waals surface area contributed by atoms with E-state index in [0.717, 1.165) is 24.8 Å². The Labute approximate surface area is 173 Å². The highest BCUT2D eigenvalue weighted by Crippen LogP contribution is 2.29. The van der Waals surface area contributed by atoms with Crippen molar-refractivity contribution in [2.45, 2.75) is 44.9 Å². The third-order valence-corrected chi connectivity index (χ3v) is 4.87. The summed E-state index contributed by atoms with van der Waals surface area (Å²) < 4.78 is 33.7. The maximum absolute atomic E-state index is 12.5. The zero-order valence-corrected chi connectivity index (χ0v) is 16.5. The van der Waals surface area contributed by atoms with Crippen molar-refractivity contribution in [1.82, 2.24) is 5.32 Å². The molecule has 0 aromatic heterocycles. The van der Waals surface area contributed by atoms with Crippen LogP contribution < -0.4 is 10.1 Å². The van der Waals surface area contributed by atoms with Gasteiger partial charge in [0.1, 0.15) is 5.75 Å². The molecule has 0 saturated heterocycles. The van der Waals surface area contributed by atoms with Gasteiger partial charge in [0.15, 0.2) is 6.10 Å². The summed E-state index contributed by atoms with van der Waals surface area (Å²) in [4.78, 5) is 24.5. The molecule has 1 aliphatic carbocycles. The summed E-state index contributed by atoms with van der Waals surface area (Å²) in [5.74, 6) is -0.999. The SMILES string of the molecule is C[C@H](OC(=O)/C=C/c1ccc(OC(F)F)cc1)C(=O)N[C@@H]1CCCc2ccccc21. The van der Waals surface area contributed by atoms with Crippen LogP contribution in [0.1, 0.15) is 42.5 Å². The molecule has 0 heterocycles. The number of halogens is 2. The molecule has 0 aliphatic heterocycles. The fraction of sp³-hybridized carbons (Fsp3) is 0.304. The molecule has 0 bridgehead atoms. The van der Waals surface area contributed by atoms with Gasteiger partial charge in [-0.1, -0.05) is 36.4 Å². The minimum atomic E-state index is -2.89. The number of benzene rings is 2. The normalized spacial score (nSPS) is 16.7. The van der Waals surface area contributed by atoms with E-state index in [-0.39, 0.29) is 17.7 Å². The van der Waals surface area contributed by atoms with Gasteiger partial charge in [0.25, 0.3) is 5.91 Å². The molecular formula is C23H23F2NO4. The Kier molecular flexibility index (Phi) is 7.17. The van der Waals surface area contributed by atoms with Gasteiger partial charge in [-0.05, 0) is 61.1 Å². The number of nitrogens with one attached hydrogen (secondary N) is 1. The number of aryl methyl sites for hydroxylation is 1. The van der Waals surface area contributed by atoms with Crippen molar-refractivity contribution in [1.29, 1.82) is 0 Å². The predicted molar refractivity (Wildman–Crippen MR) is 108 cm³/mol. The van der Waals surface area contributed by atoms with E-state index in [9.17, 15) is 18.4 Å². The van der Waals surface area contributed by atoms with Crippen LogP contribution in [0.25, 0.3) is 6.08 Å². The molecule has 0 saturated carbocycles. The number of rotatable bonds is 7. The van der Waals surface area contributed by atoms with Gasteiger partial charge in [-0.2, -0.15) is 8.78 Å². The van der Waals surface area contributed by atoms with E-state index < -0.39 is 18.7 Å². The van der Waals surface area contributed by atoms with Crippen molar-refractivity contribution in [3.8, 4) is 5.75 Å². The first-order valence-corrected chi connectivity index (χ1v) is 9.74. The molecule has 0 fully saturated rings. The first kappa shape index (κ1) is 21.5. The van der Waals surface area contributed by atoms with Gasteiger partial charge in [-0.3, -0.25) is 4.79 Å². The maximum Gasteiger partial charge on any atom is 0.387 e. The highest BCUT2D eigenvalue weighted by atomic mass is 19.3. The van der Waals surface area contributed by atoms with E-state index >= 15 is 0 Å². The first-order valence-electron chi connectivity index (χ1n) is 9.74. The van der Waals surface area contributed by atoms with Crippen LogP contribution >= 0.6 is 0 Å². The van der Waals surface area contributed by atoms with E-state index in [1.807, 2.05) is 18.2 Å². The average molecular weight is 415 g/mol. The number of amides is 1. The van der Waals surface area contributed by atoms with Crippen LogP contribution in [0, 0.1) is 0 Å². The second-order valence-electron chi connectivity index (χ2n) is 7.01. The highest BCUT2D eigenvalue weighted by Gasteiger charge is 2.24. The van der Waals surface area contributed by atoms with Gasteiger partial charge in [0.05, 0.1) is 6.04 Å². The van der Waals surface area contributed by atoms with Crippen LogP contribution in [0.3, 0.4) is 0 Å². The van der Waals surface area contributed by atoms with Crippen molar-refractivity contribution in [3.63, 3.8) is 0 Å². The van der Waals surface area contributed by atoms with Gasteiger partial charge in [0.2, 0.25) is 0 Å². The van der Waals surface area contributed by atoms with Crippen LogP contribution in [0.4, 0.5) is 8.78 Å². The molecule has 0 radical (unpaired) electrons. The lowest BCUT2D eigenvalue weighted by molar-refractivity contribution is -0.150. The highest BCUT2D eigenvalue weighted by molar-refractivity contribution is 5.90. The quantitative estimate of drug-likeness (QED) is 0.537. The third kappa shape index (κ3) is 5.89. The Morgan fingerprint density at radius 2 is 1.87 bits per heavy atom. The lowest BCUT2D eigenvalue weighted by Gasteiger charge is -2.27. The topological polar surface area (TPSA) is 64.6 Å². The predicted octanol–water partition coefficient (Wildman–Crippen LogP) is 4.43. The lowest BCUT2D eigenvalue weighted by atomic mass is 9.87. The molecule has 1 amide bonds. The molecule has 2 aromatic rings. The van der Waals surface area contributed by atoms with Crippen molar-refractivity contribution in [2.75, 3.05) is 0 Å². The monoisotopic (exact) mass is 415 g/mol. The Bertz CT molecular complexity index is 912. The fourth-order valence-corrected chi connectivity index (χ4v) is 3.38. The summed E-state index contributed by atoms with van der Waals surface area (Å²) in [5, 5.41) is 2.96. The second kappa shape index (κ2) is 10.0. The Balaban J connectivity index is 1.51. The molecule has 5 nitrogen and oxygen atoms in total. The summed E-state index contributed by atoms with van der Waals surface area (Å²) in [6.07, 6.45) is 4.53. The van der Waals surface area contributed by atoms with Crippen LogP contribution in [0.15, 0.2) is 54.6 Å². The van der Waals surface area contributed by atoms with E-state index in [1.54, 1.807) is 0 Å².